The van der Waals surface area contributed by atoms with E-state index in [0.29, 0.717) is 0 Å². The lowest BCUT2D eigenvalue weighted by Crippen LogP contribution is -2.10. The van der Waals surface area contributed by atoms with E-state index in [4.69, 9.17) is 0 Å². The summed E-state index contributed by atoms with van der Waals surface area (Å²) in [6, 6.07) is 78.0. The van der Waals surface area contributed by atoms with E-state index in [1.54, 1.807) is 0 Å². The molecular weight excluding hydrogens is 871 g/mol. The third-order valence-electron chi connectivity index (χ3n) is 11.9. The largest absolute Gasteiger partial charge is 0.311 e. The molecule has 0 amide bonds. The van der Waals surface area contributed by atoms with Crippen LogP contribution in [0.25, 0.3) is 33.4 Å². The van der Waals surface area contributed by atoms with E-state index >= 15 is 0 Å². The zero-order valence-corrected chi connectivity index (χ0v) is 38.3. The first kappa shape index (κ1) is 41.9. The predicted molar refractivity (Wildman–Crippen MR) is 280 cm³/mol. The van der Waals surface area contributed by atoms with Crippen LogP contribution in [0.1, 0.15) is 11.1 Å². The Bertz CT molecular complexity index is 3140. The molecule has 0 aliphatic carbocycles. The monoisotopic (exact) mass is 915 g/mol. The van der Waals surface area contributed by atoms with Crippen molar-refractivity contribution in [1.29, 1.82) is 0 Å². The Morgan fingerprint density at radius 3 is 0.652 bits per heavy atom. The van der Waals surface area contributed by atoms with Crippen molar-refractivity contribution < 1.29 is 0 Å². The number of hydrogen-bond acceptors (Lipinski definition) is 5. The first-order chi connectivity index (χ1) is 32.4. The van der Waals surface area contributed by atoms with Crippen molar-refractivity contribution in [3.05, 3.63) is 259 Å². The van der Waals surface area contributed by atoms with Crippen LogP contribution in [0, 0.1) is 13.8 Å². The summed E-state index contributed by atoms with van der Waals surface area (Å²) in [7, 11) is 0. The first-order valence-electron chi connectivity index (χ1n) is 22.0. The van der Waals surface area contributed by atoms with E-state index in [-0.39, 0.29) is 0 Å². The van der Waals surface area contributed by atoms with Crippen molar-refractivity contribution in [2.24, 2.45) is 0 Å². The Morgan fingerprint density at radius 1 is 0.242 bits per heavy atom. The van der Waals surface area contributed by atoms with Crippen molar-refractivity contribution in [2.75, 3.05) is 14.7 Å². The van der Waals surface area contributed by atoms with E-state index < -0.39 is 0 Å². The van der Waals surface area contributed by atoms with Gasteiger partial charge < -0.3 is 14.7 Å². The average Bonchev–Trinajstić information content (AvgIpc) is 3.37. The normalized spacial score (nSPS) is 11.0. The molecule has 2 aromatic heterocycles. The molecule has 318 valence electrons. The average molecular weight is 917 g/mol. The molecule has 0 fully saturated rings. The number of halogens is 1. The quantitative estimate of drug-likeness (QED) is 0.122. The molecule has 0 spiro atoms. The number of hydrogen-bond donors (Lipinski definition) is 0. The Labute approximate surface area is 395 Å². The van der Waals surface area contributed by atoms with Crippen molar-refractivity contribution in [2.45, 2.75) is 13.8 Å². The highest BCUT2D eigenvalue weighted by atomic mass is 79.9. The van der Waals surface area contributed by atoms with Crippen LogP contribution in [0.3, 0.4) is 0 Å². The van der Waals surface area contributed by atoms with Crippen molar-refractivity contribution >= 4 is 67.1 Å². The summed E-state index contributed by atoms with van der Waals surface area (Å²) < 4.78 is 1.07. The van der Waals surface area contributed by atoms with Gasteiger partial charge in [0.15, 0.2) is 0 Å². The number of nitrogens with zero attached hydrogens (tertiary/aromatic N) is 5. The number of aromatic nitrogens is 2. The Kier molecular flexibility index (Phi) is 12.0. The van der Waals surface area contributed by atoms with Crippen LogP contribution in [-0.2, 0) is 0 Å². The molecule has 10 aromatic rings. The molecule has 0 atom stereocenters. The van der Waals surface area contributed by atoms with Crippen LogP contribution in [-0.4, -0.2) is 9.97 Å². The van der Waals surface area contributed by atoms with Crippen molar-refractivity contribution in [3.63, 3.8) is 0 Å². The second kappa shape index (κ2) is 19.0. The molecule has 5 nitrogen and oxygen atoms in total. The zero-order chi connectivity index (χ0) is 44.8. The van der Waals surface area contributed by atoms with Crippen LogP contribution >= 0.6 is 15.9 Å². The van der Waals surface area contributed by atoms with E-state index in [0.717, 1.165) is 77.9 Å². The summed E-state index contributed by atoms with van der Waals surface area (Å²) in [5.41, 5.74) is 19.1. The molecule has 0 bridgehead atoms. The fraction of sp³-hybridized carbons (Fsp3) is 0.0333. The van der Waals surface area contributed by atoms with Crippen molar-refractivity contribution in [3.8, 4) is 33.4 Å². The van der Waals surface area contributed by atoms with Gasteiger partial charge in [0.1, 0.15) is 0 Å². The third kappa shape index (κ3) is 9.14. The van der Waals surface area contributed by atoms with Gasteiger partial charge in [-0.1, -0.05) is 124 Å². The predicted octanol–water partition coefficient (Wildman–Crippen LogP) is 17.3. The maximum atomic E-state index is 4.33. The van der Waals surface area contributed by atoms with Gasteiger partial charge in [-0.25, -0.2) is 0 Å². The second-order valence-electron chi connectivity index (χ2n) is 16.3. The molecule has 0 saturated carbocycles. The van der Waals surface area contributed by atoms with Gasteiger partial charge in [0.05, 0.1) is 0 Å². The topological polar surface area (TPSA) is 35.5 Å². The summed E-state index contributed by atoms with van der Waals surface area (Å²) in [5.74, 6) is 0. The highest BCUT2D eigenvalue weighted by Crippen LogP contribution is 2.40. The highest BCUT2D eigenvalue weighted by Gasteiger charge is 2.17. The maximum Gasteiger partial charge on any atom is 0.0492 e. The molecule has 6 heteroatoms. The standard InChI is InChI=1S/C60H46BrN5/c1-43-3-21-52(22-4-43)64(54-25-9-46(10-26-54)45-7-19-51(61)20-8-45)55-27-11-47(12-28-55)49-15-31-57(32-16-49)66(60-37-41-63-42-38-60)58-33-17-50(18-34-58)48-13-29-56(30-14-48)65(59-35-39-62-40-36-59)53-23-5-44(2)6-24-53/h3-42H,1-2H3. The first-order valence-corrected chi connectivity index (χ1v) is 22.8. The summed E-state index contributed by atoms with van der Waals surface area (Å²) in [6.45, 7) is 4.24. The fourth-order valence-electron chi connectivity index (χ4n) is 8.37. The lowest BCUT2D eigenvalue weighted by atomic mass is 10.0. The Hall–Kier alpha value is -8.06. The molecule has 0 aliphatic rings. The maximum absolute atomic E-state index is 4.33. The molecule has 0 saturated heterocycles. The van der Waals surface area contributed by atoms with Gasteiger partial charge in [-0.15, -0.1) is 0 Å². The Morgan fingerprint density at radius 2 is 0.424 bits per heavy atom. The molecule has 10 rings (SSSR count). The summed E-state index contributed by atoms with van der Waals surface area (Å²) in [6.07, 6.45) is 7.36. The van der Waals surface area contributed by atoms with Crippen LogP contribution in [0.2, 0.25) is 0 Å². The van der Waals surface area contributed by atoms with Crippen LogP contribution in [0.4, 0.5) is 51.2 Å². The lowest BCUT2D eigenvalue weighted by Gasteiger charge is -2.26. The van der Waals surface area contributed by atoms with Gasteiger partial charge in [-0.3, -0.25) is 9.97 Å². The number of aryl methyl sites for hydroxylation is 2. The fourth-order valence-corrected chi connectivity index (χ4v) is 8.64. The van der Waals surface area contributed by atoms with Crippen LogP contribution in [0.5, 0.6) is 0 Å². The van der Waals surface area contributed by atoms with E-state index in [9.17, 15) is 0 Å². The molecule has 0 unspecified atom stereocenters. The van der Waals surface area contributed by atoms with E-state index in [2.05, 4.69) is 261 Å². The molecular formula is C60H46BrN5. The smallest absolute Gasteiger partial charge is 0.0492 e. The van der Waals surface area contributed by atoms with Gasteiger partial charge in [0.2, 0.25) is 0 Å². The van der Waals surface area contributed by atoms with Gasteiger partial charge in [-0.2, -0.15) is 0 Å². The number of rotatable bonds is 12. The summed E-state index contributed by atoms with van der Waals surface area (Å²) >= 11 is 3.56. The molecule has 2 heterocycles. The molecule has 66 heavy (non-hydrogen) atoms. The molecule has 8 aromatic carbocycles. The van der Waals surface area contributed by atoms with Gasteiger partial charge in [0.25, 0.3) is 0 Å². The summed E-state index contributed by atoms with van der Waals surface area (Å²) in [4.78, 5) is 15.4. The van der Waals surface area contributed by atoms with E-state index in [1.165, 1.54) is 22.3 Å². The molecule has 0 aliphatic heterocycles. The van der Waals surface area contributed by atoms with Crippen LogP contribution < -0.4 is 14.7 Å². The van der Waals surface area contributed by atoms with Gasteiger partial charge >= 0.3 is 0 Å². The van der Waals surface area contributed by atoms with Crippen molar-refractivity contribution in [1.82, 2.24) is 9.97 Å². The molecule has 0 N–H and O–H groups in total. The third-order valence-corrected chi connectivity index (χ3v) is 12.4. The highest BCUT2D eigenvalue weighted by molar-refractivity contribution is 9.10. The SMILES string of the molecule is Cc1ccc(N(c2ccncc2)c2ccc(-c3ccc(N(c4ccncc4)c4ccc(-c5ccc(N(c6ccc(C)cc6)c6ccc(-c7ccc(Br)cc7)cc6)cc5)cc4)cc3)cc2)cc1. The minimum Gasteiger partial charge on any atom is -0.311 e. The molecule has 0 radical (unpaired) electrons. The number of anilines is 9. The Balaban J connectivity index is 0.898. The van der Waals surface area contributed by atoms with Crippen LogP contribution in [0.15, 0.2) is 248 Å². The lowest BCUT2D eigenvalue weighted by molar-refractivity contribution is 1.24. The number of benzene rings is 8. The summed E-state index contributed by atoms with van der Waals surface area (Å²) in [5, 5.41) is 0. The number of pyridine rings is 2. The van der Waals surface area contributed by atoms with Gasteiger partial charge in [-0.05, 0) is 169 Å². The second-order valence-corrected chi connectivity index (χ2v) is 17.2. The zero-order valence-electron chi connectivity index (χ0n) is 36.7. The minimum atomic E-state index is 1.03. The van der Waals surface area contributed by atoms with E-state index in [1.807, 2.05) is 36.9 Å². The minimum absolute atomic E-state index is 1.03. The van der Waals surface area contributed by atoms with Gasteiger partial charge in [0, 0.05) is 80.4 Å².